The first-order chi connectivity index (χ1) is 14.7. The summed E-state index contributed by atoms with van der Waals surface area (Å²) in [6, 6.07) is 11.4. The van der Waals surface area contributed by atoms with Crippen LogP contribution in [-0.2, 0) is 19.5 Å². The van der Waals surface area contributed by atoms with Gasteiger partial charge in [-0.1, -0.05) is 17.4 Å². The number of aryl methyl sites for hydroxylation is 1. The molecule has 9 heteroatoms. The zero-order valence-electron chi connectivity index (χ0n) is 16.5. The second-order valence-corrected chi connectivity index (χ2v) is 7.98. The van der Waals surface area contributed by atoms with Gasteiger partial charge in [0.15, 0.2) is 5.13 Å². The molecule has 0 unspecified atom stereocenters. The lowest BCUT2D eigenvalue weighted by Crippen LogP contribution is -2.33. The van der Waals surface area contributed by atoms with E-state index in [9.17, 15) is 4.79 Å². The molecule has 4 aromatic rings. The fourth-order valence-electron chi connectivity index (χ4n) is 3.57. The Morgan fingerprint density at radius 3 is 3.03 bits per heavy atom. The fraction of sp³-hybridized carbons (Fsp3) is 0.286. The molecule has 1 amide bonds. The van der Waals surface area contributed by atoms with E-state index in [1.54, 1.807) is 11.1 Å². The van der Waals surface area contributed by atoms with Crippen molar-refractivity contribution in [2.24, 2.45) is 0 Å². The maximum Gasteiger partial charge on any atom is 0.298 e. The molecule has 0 atom stereocenters. The summed E-state index contributed by atoms with van der Waals surface area (Å²) in [7, 11) is 0. The molecule has 0 bridgehead atoms. The summed E-state index contributed by atoms with van der Waals surface area (Å²) in [5.74, 6) is 1.79. The normalized spacial score (nSPS) is 12.8. The van der Waals surface area contributed by atoms with Gasteiger partial charge >= 0.3 is 0 Å². The Balaban J connectivity index is 1.55. The van der Waals surface area contributed by atoms with Crippen molar-refractivity contribution in [2.75, 3.05) is 11.5 Å². The number of ether oxygens (including phenoxy) is 1. The van der Waals surface area contributed by atoms with E-state index in [0.29, 0.717) is 24.1 Å². The summed E-state index contributed by atoms with van der Waals surface area (Å²) >= 11 is 1.45. The van der Waals surface area contributed by atoms with Crippen LogP contribution < -0.4 is 9.64 Å². The van der Waals surface area contributed by atoms with Gasteiger partial charge in [-0.15, -0.1) is 10.2 Å². The van der Waals surface area contributed by atoms with Crippen molar-refractivity contribution in [3.63, 3.8) is 0 Å². The maximum absolute atomic E-state index is 13.5. The Kier molecular flexibility index (Phi) is 4.88. The quantitative estimate of drug-likeness (QED) is 0.475. The van der Waals surface area contributed by atoms with E-state index < -0.39 is 0 Å². The molecule has 5 rings (SSSR count). The third kappa shape index (κ3) is 3.41. The summed E-state index contributed by atoms with van der Waals surface area (Å²) in [5.41, 5.74) is 1.60. The van der Waals surface area contributed by atoms with Gasteiger partial charge in [0, 0.05) is 19.2 Å². The summed E-state index contributed by atoms with van der Waals surface area (Å²) in [6.45, 7) is 3.62. The Labute approximate surface area is 177 Å². The number of hydrogen-bond donors (Lipinski definition) is 0. The van der Waals surface area contributed by atoms with Crippen LogP contribution in [-0.4, -0.2) is 37.2 Å². The number of pyridine rings is 1. The second-order valence-electron chi connectivity index (χ2n) is 6.97. The molecule has 1 aliphatic rings. The van der Waals surface area contributed by atoms with Gasteiger partial charge in [-0.3, -0.25) is 14.7 Å². The lowest BCUT2D eigenvalue weighted by molar-refractivity contribution is 0.0970. The van der Waals surface area contributed by atoms with Crippen molar-refractivity contribution >= 4 is 32.6 Å². The highest BCUT2D eigenvalue weighted by Gasteiger charge is 2.29. The topological polar surface area (TPSA) is 86.0 Å². The van der Waals surface area contributed by atoms with Gasteiger partial charge in [0.25, 0.3) is 5.91 Å². The average Bonchev–Trinajstić information content (AvgIpc) is 3.47. The largest absolute Gasteiger partial charge is 0.494 e. The molecule has 152 valence electrons. The molecular weight excluding hydrogens is 400 g/mol. The van der Waals surface area contributed by atoms with Gasteiger partial charge in [-0.25, -0.2) is 4.98 Å². The van der Waals surface area contributed by atoms with Crippen LogP contribution in [0.5, 0.6) is 5.75 Å². The number of aromatic nitrogens is 5. The van der Waals surface area contributed by atoms with E-state index >= 15 is 0 Å². The summed E-state index contributed by atoms with van der Waals surface area (Å²) in [5, 5.41) is 8.97. The van der Waals surface area contributed by atoms with Crippen molar-refractivity contribution < 1.29 is 9.53 Å². The number of thiazole rings is 1. The van der Waals surface area contributed by atoms with Gasteiger partial charge in [-0.05, 0) is 43.7 Å². The summed E-state index contributed by atoms with van der Waals surface area (Å²) in [4.78, 5) is 24.3. The Bertz CT molecular complexity index is 1200. The SMILES string of the molecule is CCOc1ccc2nc(N(Cc3ccccn3)C(=O)c3nnc4n3CCC4)sc2c1. The van der Waals surface area contributed by atoms with Crippen molar-refractivity contribution in [3.8, 4) is 5.75 Å². The number of benzene rings is 1. The Morgan fingerprint density at radius 2 is 2.20 bits per heavy atom. The standard InChI is InChI=1S/C21H20N6O2S/c1-2-29-15-8-9-16-17(12-15)30-21(23-16)27(13-14-6-3-4-10-22-14)20(28)19-25-24-18-7-5-11-26(18)19/h3-4,6,8-10,12H,2,5,7,11,13H2,1H3. The highest BCUT2D eigenvalue weighted by Crippen LogP contribution is 2.33. The molecule has 0 saturated heterocycles. The van der Waals surface area contributed by atoms with Crippen molar-refractivity contribution in [1.29, 1.82) is 0 Å². The Hall–Kier alpha value is -3.33. The van der Waals surface area contributed by atoms with Crippen LogP contribution in [0.4, 0.5) is 5.13 Å². The minimum absolute atomic E-state index is 0.217. The zero-order chi connectivity index (χ0) is 20.5. The van der Waals surface area contributed by atoms with Crippen molar-refractivity contribution in [1.82, 2.24) is 24.7 Å². The number of hydrogen-bond acceptors (Lipinski definition) is 7. The third-order valence-corrected chi connectivity index (χ3v) is 6.02. The summed E-state index contributed by atoms with van der Waals surface area (Å²) in [6.07, 6.45) is 3.55. The number of carbonyl (C=O) groups excluding carboxylic acids is 1. The van der Waals surface area contributed by atoms with E-state index in [1.807, 2.05) is 47.9 Å². The van der Waals surface area contributed by atoms with E-state index in [-0.39, 0.29) is 5.91 Å². The Morgan fingerprint density at radius 1 is 1.27 bits per heavy atom. The molecule has 1 aromatic carbocycles. The highest BCUT2D eigenvalue weighted by atomic mass is 32.1. The van der Waals surface area contributed by atoms with Crippen LogP contribution in [0.15, 0.2) is 42.6 Å². The van der Waals surface area contributed by atoms with Gasteiger partial charge in [0.2, 0.25) is 5.82 Å². The molecule has 0 fully saturated rings. The smallest absolute Gasteiger partial charge is 0.298 e. The number of nitrogens with zero attached hydrogens (tertiary/aromatic N) is 6. The lowest BCUT2D eigenvalue weighted by atomic mass is 10.3. The molecular formula is C21H20N6O2S. The molecule has 4 heterocycles. The second kappa shape index (κ2) is 7.83. The van der Waals surface area contributed by atoms with E-state index in [2.05, 4.69) is 15.2 Å². The predicted molar refractivity (Wildman–Crippen MR) is 114 cm³/mol. The van der Waals surface area contributed by atoms with Gasteiger partial charge in [0.05, 0.1) is 29.1 Å². The third-order valence-electron chi connectivity index (χ3n) is 4.98. The van der Waals surface area contributed by atoms with Gasteiger partial charge in [-0.2, -0.15) is 0 Å². The molecule has 30 heavy (non-hydrogen) atoms. The summed E-state index contributed by atoms with van der Waals surface area (Å²) < 4.78 is 8.47. The van der Waals surface area contributed by atoms with Crippen LogP contribution >= 0.6 is 11.3 Å². The number of anilines is 1. The first kappa shape index (κ1) is 18.7. The molecule has 0 saturated carbocycles. The number of rotatable bonds is 6. The van der Waals surface area contributed by atoms with E-state index in [1.165, 1.54) is 11.3 Å². The zero-order valence-corrected chi connectivity index (χ0v) is 17.3. The molecule has 1 aliphatic heterocycles. The minimum Gasteiger partial charge on any atom is -0.494 e. The van der Waals surface area contributed by atoms with Crippen LogP contribution in [0.1, 0.15) is 35.5 Å². The first-order valence-electron chi connectivity index (χ1n) is 9.90. The average molecular weight is 420 g/mol. The maximum atomic E-state index is 13.5. The van der Waals surface area contributed by atoms with Crippen molar-refractivity contribution in [2.45, 2.75) is 32.9 Å². The predicted octanol–water partition coefficient (Wildman–Crippen LogP) is 3.47. The molecule has 0 radical (unpaired) electrons. The minimum atomic E-state index is -0.217. The van der Waals surface area contributed by atoms with E-state index in [0.717, 1.165) is 46.9 Å². The van der Waals surface area contributed by atoms with Crippen LogP contribution in [0.3, 0.4) is 0 Å². The van der Waals surface area contributed by atoms with Gasteiger partial charge < -0.3 is 9.30 Å². The monoisotopic (exact) mass is 420 g/mol. The van der Waals surface area contributed by atoms with Gasteiger partial charge in [0.1, 0.15) is 11.6 Å². The van der Waals surface area contributed by atoms with Crippen LogP contribution in [0, 0.1) is 0 Å². The first-order valence-corrected chi connectivity index (χ1v) is 10.7. The lowest BCUT2D eigenvalue weighted by Gasteiger charge is -2.19. The number of carbonyl (C=O) groups is 1. The van der Waals surface area contributed by atoms with E-state index in [4.69, 9.17) is 9.72 Å². The molecule has 0 aliphatic carbocycles. The molecule has 0 N–H and O–H groups in total. The molecule has 8 nitrogen and oxygen atoms in total. The van der Waals surface area contributed by atoms with Crippen LogP contribution in [0.25, 0.3) is 10.2 Å². The molecule has 3 aromatic heterocycles. The number of amides is 1. The highest BCUT2D eigenvalue weighted by molar-refractivity contribution is 7.22. The van der Waals surface area contributed by atoms with Crippen LogP contribution in [0.2, 0.25) is 0 Å². The fourth-order valence-corrected chi connectivity index (χ4v) is 4.57. The van der Waals surface area contributed by atoms with Crippen molar-refractivity contribution in [3.05, 3.63) is 59.9 Å². The number of fused-ring (bicyclic) bond motifs is 2. The molecule has 0 spiro atoms.